The van der Waals surface area contributed by atoms with Gasteiger partial charge in [0.15, 0.2) is 0 Å². The average molecular weight is 415 g/mol. The molecule has 1 heterocycles. The van der Waals surface area contributed by atoms with Gasteiger partial charge in [-0.25, -0.2) is 0 Å². The Morgan fingerprint density at radius 1 is 1.00 bits per heavy atom. The van der Waals surface area contributed by atoms with Crippen molar-refractivity contribution in [3.8, 4) is 0 Å². The highest BCUT2D eigenvalue weighted by atomic mass is 32.2. The van der Waals surface area contributed by atoms with Crippen LogP contribution in [0.5, 0.6) is 0 Å². The van der Waals surface area contributed by atoms with E-state index in [1.165, 1.54) is 6.92 Å². The average Bonchev–Trinajstić information content (AvgIpc) is 2.70. The molecule has 29 heavy (non-hydrogen) atoms. The number of anilines is 2. The number of amides is 2. The van der Waals surface area contributed by atoms with Crippen molar-refractivity contribution in [1.29, 1.82) is 0 Å². The predicted octanol–water partition coefficient (Wildman–Crippen LogP) is 3.25. The summed E-state index contributed by atoms with van der Waals surface area (Å²) in [6, 6.07) is 14.7. The SMILES string of the molecule is CC(=O)Nc1ccc(CC(=O)Nc2cccc(CS(=O)C3CCOCC3)c2)cc1. The minimum atomic E-state index is -0.939. The largest absolute Gasteiger partial charge is 0.381 e. The van der Waals surface area contributed by atoms with Crippen LogP contribution in [0, 0.1) is 0 Å². The van der Waals surface area contributed by atoms with Gasteiger partial charge in [-0.1, -0.05) is 24.3 Å². The first-order chi connectivity index (χ1) is 14.0. The number of ether oxygens (including phenoxy) is 1. The van der Waals surface area contributed by atoms with Gasteiger partial charge in [0.05, 0.1) is 6.42 Å². The van der Waals surface area contributed by atoms with E-state index in [1.54, 1.807) is 12.1 Å². The Morgan fingerprint density at radius 3 is 2.41 bits per heavy atom. The lowest BCUT2D eigenvalue weighted by atomic mass is 10.1. The van der Waals surface area contributed by atoms with Gasteiger partial charge < -0.3 is 15.4 Å². The Hall–Kier alpha value is -2.51. The predicted molar refractivity (Wildman–Crippen MR) is 115 cm³/mol. The molecule has 1 saturated heterocycles. The number of rotatable bonds is 7. The number of carbonyl (C=O) groups excluding carboxylic acids is 2. The molecule has 1 atom stereocenters. The Labute approximate surface area is 173 Å². The van der Waals surface area contributed by atoms with E-state index >= 15 is 0 Å². The van der Waals surface area contributed by atoms with Crippen LogP contribution in [-0.4, -0.2) is 34.5 Å². The van der Waals surface area contributed by atoms with Crippen molar-refractivity contribution in [2.24, 2.45) is 0 Å². The van der Waals surface area contributed by atoms with Gasteiger partial charge in [-0.15, -0.1) is 0 Å². The van der Waals surface area contributed by atoms with Gasteiger partial charge in [0.1, 0.15) is 0 Å². The molecule has 1 aliphatic rings. The van der Waals surface area contributed by atoms with E-state index in [0.717, 1.165) is 24.0 Å². The van der Waals surface area contributed by atoms with Crippen LogP contribution in [0.3, 0.4) is 0 Å². The summed E-state index contributed by atoms with van der Waals surface area (Å²) in [6.07, 6.45) is 1.91. The molecule has 0 spiro atoms. The van der Waals surface area contributed by atoms with E-state index in [-0.39, 0.29) is 23.5 Å². The molecule has 0 aromatic heterocycles. The molecule has 154 valence electrons. The molecule has 7 heteroatoms. The van der Waals surface area contributed by atoms with E-state index in [2.05, 4.69) is 10.6 Å². The summed E-state index contributed by atoms with van der Waals surface area (Å²) in [5.74, 6) is 0.229. The molecule has 1 aliphatic heterocycles. The first-order valence-corrected chi connectivity index (χ1v) is 11.1. The molecule has 0 saturated carbocycles. The molecule has 2 N–H and O–H groups in total. The third-order valence-corrected chi connectivity index (χ3v) is 6.53. The molecule has 2 aromatic carbocycles. The zero-order valence-corrected chi connectivity index (χ0v) is 17.3. The van der Waals surface area contributed by atoms with Gasteiger partial charge in [0.2, 0.25) is 11.8 Å². The van der Waals surface area contributed by atoms with Crippen molar-refractivity contribution in [1.82, 2.24) is 0 Å². The smallest absolute Gasteiger partial charge is 0.228 e. The maximum atomic E-state index is 12.6. The lowest BCUT2D eigenvalue weighted by Crippen LogP contribution is -2.25. The van der Waals surface area contributed by atoms with Crippen molar-refractivity contribution in [3.63, 3.8) is 0 Å². The van der Waals surface area contributed by atoms with Gasteiger partial charge in [-0.3, -0.25) is 13.8 Å². The van der Waals surface area contributed by atoms with Crippen LogP contribution in [0.2, 0.25) is 0 Å². The van der Waals surface area contributed by atoms with Crippen molar-refractivity contribution < 1.29 is 18.5 Å². The fourth-order valence-corrected chi connectivity index (χ4v) is 4.72. The van der Waals surface area contributed by atoms with Crippen molar-refractivity contribution in [2.75, 3.05) is 23.8 Å². The second-order valence-corrected chi connectivity index (χ2v) is 8.86. The summed E-state index contributed by atoms with van der Waals surface area (Å²) in [6.45, 7) is 2.81. The quantitative estimate of drug-likeness (QED) is 0.728. The minimum absolute atomic E-state index is 0.125. The number of hydrogen-bond donors (Lipinski definition) is 2. The van der Waals surface area contributed by atoms with E-state index in [0.29, 0.717) is 30.3 Å². The third-order valence-electron chi connectivity index (χ3n) is 4.70. The third kappa shape index (κ3) is 6.80. The molecule has 3 rings (SSSR count). The van der Waals surface area contributed by atoms with Gasteiger partial charge in [-0.2, -0.15) is 0 Å². The molecule has 2 aromatic rings. The monoisotopic (exact) mass is 414 g/mol. The lowest BCUT2D eigenvalue weighted by molar-refractivity contribution is -0.116. The zero-order chi connectivity index (χ0) is 20.6. The summed E-state index contributed by atoms with van der Waals surface area (Å²) in [5, 5.41) is 5.78. The fourth-order valence-electron chi connectivity index (χ4n) is 3.26. The summed E-state index contributed by atoms with van der Waals surface area (Å²) >= 11 is 0. The Kier molecular flexibility index (Phi) is 7.55. The maximum Gasteiger partial charge on any atom is 0.228 e. The molecular weight excluding hydrogens is 388 g/mol. The summed E-state index contributed by atoms with van der Waals surface area (Å²) < 4.78 is 17.9. The van der Waals surface area contributed by atoms with Crippen LogP contribution in [0.1, 0.15) is 30.9 Å². The number of benzene rings is 2. The van der Waals surface area contributed by atoms with Gasteiger partial charge in [-0.05, 0) is 48.2 Å². The van der Waals surface area contributed by atoms with Crippen molar-refractivity contribution >= 4 is 34.0 Å². The first kappa shape index (κ1) is 21.2. The maximum absolute atomic E-state index is 12.6. The number of hydrogen-bond acceptors (Lipinski definition) is 4. The van der Waals surface area contributed by atoms with E-state index in [1.807, 2.05) is 36.4 Å². The highest BCUT2D eigenvalue weighted by molar-refractivity contribution is 7.84. The van der Waals surface area contributed by atoms with Crippen LogP contribution in [0.25, 0.3) is 0 Å². The van der Waals surface area contributed by atoms with Crippen molar-refractivity contribution in [3.05, 3.63) is 59.7 Å². The van der Waals surface area contributed by atoms with Crippen LogP contribution in [0.15, 0.2) is 48.5 Å². The summed E-state index contributed by atoms with van der Waals surface area (Å²) in [5.41, 5.74) is 3.21. The highest BCUT2D eigenvalue weighted by Crippen LogP contribution is 2.19. The highest BCUT2D eigenvalue weighted by Gasteiger charge is 2.20. The Balaban J connectivity index is 1.54. The summed E-state index contributed by atoms with van der Waals surface area (Å²) in [7, 11) is -0.939. The molecule has 0 radical (unpaired) electrons. The molecular formula is C22H26N2O4S. The van der Waals surface area contributed by atoms with Crippen LogP contribution < -0.4 is 10.6 Å². The summed E-state index contributed by atoms with van der Waals surface area (Å²) in [4.78, 5) is 23.4. The molecule has 1 fully saturated rings. The van der Waals surface area contributed by atoms with E-state index < -0.39 is 10.8 Å². The van der Waals surface area contributed by atoms with Crippen LogP contribution in [0.4, 0.5) is 11.4 Å². The molecule has 0 aliphatic carbocycles. The molecule has 2 amide bonds. The second-order valence-electron chi connectivity index (χ2n) is 7.14. The number of nitrogens with one attached hydrogen (secondary N) is 2. The Morgan fingerprint density at radius 2 is 1.72 bits per heavy atom. The fraction of sp³-hybridized carbons (Fsp3) is 0.364. The van der Waals surface area contributed by atoms with E-state index in [4.69, 9.17) is 4.74 Å². The molecule has 1 unspecified atom stereocenters. The van der Waals surface area contributed by atoms with Crippen LogP contribution in [-0.2, 0) is 37.3 Å². The molecule has 6 nitrogen and oxygen atoms in total. The topological polar surface area (TPSA) is 84.5 Å². The number of carbonyl (C=O) groups is 2. The van der Waals surface area contributed by atoms with E-state index in [9.17, 15) is 13.8 Å². The standard InChI is InChI=1S/C22H26N2O4S/c1-16(25)23-19-7-5-17(6-8-19)14-22(26)24-20-4-2-3-18(13-20)15-29(27)21-9-11-28-12-10-21/h2-8,13,21H,9-12,14-15H2,1H3,(H,23,25)(H,24,26). The second kappa shape index (κ2) is 10.3. The zero-order valence-electron chi connectivity index (χ0n) is 16.5. The first-order valence-electron chi connectivity index (χ1n) is 9.70. The van der Waals surface area contributed by atoms with Gasteiger partial charge in [0.25, 0.3) is 0 Å². The minimum Gasteiger partial charge on any atom is -0.381 e. The Bertz CT molecular complexity index is 877. The van der Waals surface area contributed by atoms with Gasteiger partial charge >= 0.3 is 0 Å². The van der Waals surface area contributed by atoms with Gasteiger partial charge in [0, 0.05) is 53.3 Å². The molecule has 0 bridgehead atoms. The lowest BCUT2D eigenvalue weighted by Gasteiger charge is -2.21. The van der Waals surface area contributed by atoms with Crippen LogP contribution >= 0.6 is 0 Å². The normalized spacial score (nSPS) is 15.5. The van der Waals surface area contributed by atoms with Crippen molar-refractivity contribution in [2.45, 2.75) is 37.2 Å².